The van der Waals surface area contributed by atoms with Crippen molar-refractivity contribution in [3.63, 3.8) is 0 Å². The molecule has 13 heavy (non-hydrogen) atoms. The van der Waals surface area contributed by atoms with Gasteiger partial charge in [-0.3, -0.25) is 0 Å². The van der Waals surface area contributed by atoms with Crippen LogP contribution in [0.25, 0.3) is 0 Å². The van der Waals surface area contributed by atoms with Gasteiger partial charge in [0.05, 0.1) is 12.3 Å². The summed E-state index contributed by atoms with van der Waals surface area (Å²) in [7, 11) is 0. The van der Waals surface area contributed by atoms with Crippen LogP contribution in [0.4, 0.5) is 5.69 Å². The van der Waals surface area contributed by atoms with E-state index in [9.17, 15) is 0 Å². The number of ether oxygens (including phenoxy) is 1. The van der Waals surface area contributed by atoms with Crippen LogP contribution in [0.3, 0.4) is 0 Å². The third-order valence-electron chi connectivity index (χ3n) is 2.35. The van der Waals surface area contributed by atoms with E-state index in [1.54, 1.807) is 0 Å². The van der Waals surface area contributed by atoms with Crippen molar-refractivity contribution < 1.29 is 9.84 Å². The van der Waals surface area contributed by atoms with Crippen LogP contribution in [-0.2, 0) is 6.42 Å². The molecule has 1 aliphatic heterocycles. The lowest BCUT2D eigenvalue weighted by Gasteiger charge is -2.25. The van der Waals surface area contributed by atoms with Crippen molar-refractivity contribution in [2.75, 3.05) is 12.3 Å². The predicted molar refractivity (Wildman–Crippen MR) is 50.7 cm³/mol. The lowest BCUT2D eigenvalue weighted by Crippen LogP contribution is -2.26. The van der Waals surface area contributed by atoms with Gasteiger partial charge in [-0.25, -0.2) is 0 Å². The quantitative estimate of drug-likeness (QED) is 0.631. The molecule has 0 aromatic heterocycles. The molecule has 1 aliphatic rings. The number of hydrogen-bond acceptors (Lipinski definition) is 3. The highest BCUT2D eigenvalue weighted by Gasteiger charge is 2.20. The van der Waals surface area contributed by atoms with Crippen LogP contribution >= 0.6 is 0 Å². The highest BCUT2D eigenvalue weighted by molar-refractivity contribution is 5.57. The fourth-order valence-electron chi connectivity index (χ4n) is 1.62. The fraction of sp³-hybridized carbons (Fsp3) is 0.400. The van der Waals surface area contributed by atoms with E-state index in [1.165, 1.54) is 0 Å². The zero-order chi connectivity index (χ0) is 9.26. The molecule has 70 valence electrons. The summed E-state index contributed by atoms with van der Waals surface area (Å²) in [6, 6.07) is 5.76. The summed E-state index contributed by atoms with van der Waals surface area (Å²) >= 11 is 0. The smallest absolute Gasteiger partial charge is 0.145 e. The Bertz CT molecular complexity index is 312. The summed E-state index contributed by atoms with van der Waals surface area (Å²) in [4.78, 5) is 0. The van der Waals surface area contributed by atoms with Crippen LogP contribution in [0.2, 0.25) is 0 Å². The number of anilines is 1. The summed E-state index contributed by atoms with van der Waals surface area (Å²) in [6.07, 6.45) is 1.72. The number of aliphatic hydroxyl groups is 1. The molecule has 0 radical (unpaired) electrons. The van der Waals surface area contributed by atoms with Crippen molar-refractivity contribution >= 4 is 5.69 Å². The molecule has 0 saturated heterocycles. The van der Waals surface area contributed by atoms with Gasteiger partial charge in [-0.1, -0.05) is 12.1 Å². The summed E-state index contributed by atoms with van der Waals surface area (Å²) in [6.45, 7) is 0.0633. The first-order valence-corrected chi connectivity index (χ1v) is 4.46. The molecule has 0 bridgehead atoms. The molecule has 1 aromatic carbocycles. The number of aliphatic hydroxyl groups excluding tert-OH is 1. The number of benzene rings is 1. The van der Waals surface area contributed by atoms with Crippen molar-refractivity contribution in [3.8, 4) is 5.75 Å². The average Bonchev–Trinajstić information content (AvgIpc) is 2.18. The molecule has 3 nitrogen and oxygen atoms in total. The summed E-state index contributed by atoms with van der Waals surface area (Å²) in [5, 5.41) is 8.94. The first-order valence-electron chi connectivity index (χ1n) is 4.46. The number of aryl methyl sites for hydroxylation is 1. The van der Waals surface area contributed by atoms with Crippen LogP contribution in [0.15, 0.2) is 18.2 Å². The van der Waals surface area contributed by atoms with E-state index in [1.807, 2.05) is 18.2 Å². The van der Waals surface area contributed by atoms with Crippen molar-refractivity contribution in [3.05, 3.63) is 23.8 Å². The predicted octanol–water partition coefficient (Wildman–Crippen LogP) is 0.955. The van der Waals surface area contributed by atoms with Gasteiger partial charge in [0.25, 0.3) is 0 Å². The molecular weight excluding hydrogens is 166 g/mol. The number of hydrogen-bond donors (Lipinski definition) is 2. The monoisotopic (exact) mass is 179 g/mol. The highest BCUT2D eigenvalue weighted by atomic mass is 16.5. The molecule has 0 spiro atoms. The maximum absolute atomic E-state index is 8.94. The molecule has 2 rings (SSSR count). The van der Waals surface area contributed by atoms with E-state index in [0.717, 1.165) is 24.2 Å². The van der Waals surface area contributed by atoms with Gasteiger partial charge in [-0.2, -0.15) is 0 Å². The van der Waals surface area contributed by atoms with Gasteiger partial charge in [0.15, 0.2) is 0 Å². The number of fused-ring (bicyclic) bond motifs is 1. The second-order valence-electron chi connectivity index (χ2n) is 3.30. The van der Waals surface area contributed by atoms with Crippen LogP contribution < -0.4 is 10.5 Å². The molecule has 0 unspecified atom stereocenters. The highest BCUT2D eigenvalue weighted by Crippen LogP contribution is 2.32. The van der Waals surface area contributed by atoms with E-state index in [-0.39, 0.29) is 12.7 Å². The first kappa shape index (κ1) is 8.38. The maximum atomic E-state index is 8.94. The molecule has 0 aliphatic carbocycles. The second-order valence-corrected chi connectivity index (χ2v) is 3.30. The molecule has 1 atom stereocenters. The molecule has 1 heterocycles. The van der Waals surface area contributed by atoms with Crippen molar-refractivity contribution in [2.45, 2.75) is 18.9 Å². The molecule has 0 amide bonds. The number of nitrogen functional groups attached to an aromatic ring is 1. The molecule has 3 N–H and O–H groups in total. The maximum Gasteiger partial charge on any atom is 0.145 e. The van der Waals surface area contributed by atoms with Gasteiger partial charge < -0.3 is 15.6 Å². The standard InChI is InChI=1S/C10H13NO2/c11-9-3-1-2-7-4-5-8(6-12)13-10(7)9/h1-3,8,12H,4-6,11H2/t8-/m0/s1. The van der Waals surface area contributed by atoms with Crippen molar-refractivity contribution in [1.82, 2.24) is 0 Å². The topological polar surface area (TPSA) is 55.5 Å². The lowest BCUT2D eigenvalue weighted by molar-refractivity contribution is 0.0986. The van der Waals surface area contributed by atoms with E-state index in [2.05, 4.69) is 0 Å². The van der Waals surface area contributed by atoms with Gasteiger partial charge in [0.1, 0.15) is 11.9 Å². The van der Waals surface area contributed by atoms with Gasteiger partial charge >= 0.3 is 0 Å². The first-order chi connectivity index (χ1) is 6.31. The third-order valence-corrected chi connectivity index (χ3v) is 2.35. The number of nitrogens with two attached hydrogens (primary N) is 1. The minimum atomic E-state index is -0.0859. The normalized spacial score (nSPS) is 20.5. The molecule has 3 heteroatoms. The Balaban J connectivity index is 2.32. The molecular formula is C10H13NO2. The van der Waals surface area contributed by atoms with E-state index in [4.69, 9.17) is 15.6 Å². The molecule has 0 fully saturated rings. The average molecular weight is 179 g/mol. The summed E-state index contributed by atoms with van der Waals surface area (Å²) in [5.74, 6) is 0.757. The second kappa shape index (κ2) is 3.26. The largest absolute Gasteiger partial charge is 0.486 e. The van der Waals surface area contributed by atoms with Gasteiger partial charge in [-0.05, 0) is 24.5 Å². The zero-order valence-electron chi connectivity index (χ0n) is 7.36. The van der Waals surface area contributed by atoms with Gasteiger partial charge in [0, 0.05) is 0 Å². The molecule has 1 aromatic rings. The van der Waals surface area contributed by atoms with Crippen LogP contribution in [0.1, 0.15) is 12.0 Å². The van der Waals surface area contributed by atoms with Crippen molar-refractivity contribution in [2.24, 2.45) is 0 Å². The van der Waals surface area contributed by atoms with E-state index >= 15 is 0 Å². The Labute approximate surface area is 77.1 Å². The Morgan fingerprint density at radius 2 is 2.38 bits per heavy atom. The Hall–Kier alpha value is -1.22. The van der Waals surface area contributed by atoms with Crippen molar-refractivity contribution in [1.29, 1.82) is 0 Å². The number of para-hydroxylation sites is 1. The Morgan fingerprint density at radius 3 is 3.15 bits per heavy atom. The van der Waals surface area contributed by atoms with E-state index < -0.39 is 0 Å². The Morgan fingerprint density at radius 1 is 1.54 bits per heavy atom. The minimum absolute atomic E-state index is 0.0633. The van der Waals surface area contributed by atoms with E-state index in [0.29, 0.717) is 5.69 Å². The lowest BCUT2D eigenvalue weighted by atomic mass is 10.0. The third kappa shape index (κ3) is 1.47. The van der Waals surface area contributed by atoms with Gasteiger partial charge in [0.2, 0.25) is 0 Å². The van der Waals surface area contributed by atoms with Crippen LogP contribution in [0, 0.1) is 0 Å². The fourth-order valence-corrected chi connectivity index (χ4v) is 1.62. The molecule has 0 saturated carbocycles. The Kier molecular flexibility index (Phi) is 2.10. The minimum Gasteiger partial charge on any atom is -0.486 e. The SMILES string of the molecule is Nc1cccc2c1O[C@H](CO)CC2. The summed E-state index contributed by atoms with van der Waals surface area (Å²) in [5.41, 5.74) is 7.56. The van der Waals surface area contributed by atoms with Gasteiger partial charge in [-0.15, -0.1) is 0 Å². The number of rotatable bonds is 1. The van der Waals surface area contributed by atoms with Crippen LogP contribution in [0.5, 0.6) is 5.75 Å². The summed E-state index contributed by atoms with van der Waals surface area (Å²) < 4.78 is 5.54. The van der Waals surface area contributed by atoms with Crippen LogP contribution in [-0.4, -0.2) is 17.8 Å². The zero-order valence-corrected chi connectivity index (χ0v) is 7.36.